The molecule has 4 rings (SSSR count). The normalized spacial score (nSPS) is 10.9. The SMILES string of the molecule is O=c1c2ccccc2nc(-c2ccccc2)n1-c1ccc(Br)cc1[N+](=O)[O-]. The summed E-state index contributed by atoms with van der Waals surface area (Å²) in [6, 6.07) is 20.7. The fourth-order valence-corrected chi connectivity index (χ4v) is 3.32. The van der Waals surface area contributed by atoms with Crippen LogP contribution in [-0.4, -0.2) is 14.5 Å². The minimum absolute atomic E-state index is 0.172. The van der Waals surface area contributed by atoms with Gasteiger partial charge in [-0.05, 0) is 24.3 Å². The molecule has 0 spiro atoms. The summed E-state index contributed by atoms with van der Waals surface area (Å²) in [5.41, 5.74) is 0.867. The summed E-state index contributed by atoms with van der Waals surface area (Å²) in [7, 11) is 0. The molecule has 4 aromatic rings. The maximum absolute atomic E-state index is 13.3. The van der Waals surface area contributed by atoms with E-state index in [-0.39, 0.29) is 16.9 Å². The van der Waals surface area contributed by atoms with Crippen LogP contribution >= 0.6 is 15.9 Å². The summed E-state index contributed by atoms with van der Waals surface area (Å²) in [5, 5.41) is 12.0. The van der Waals surface area contributed by atoms with Gasteiger partial charge in [-0.2, -0.15) is 0 Å². The molecule has 0 radical (unpaired) electrons. The van der Waals surface area contributed by atoms with Crippen LogP contribution in [0.15, 0.2) is 82.1 Å². The van der Waals surface area contributed by atoms with E-state index in [1.807, 2.05) is 30.3 Å². The molecule has 0 saturated carbocycles. The number of halogens is 1. The molecule has 0 fully saturated rings. The first-order valence-corrected chi connectivity index (χ1v) is 8.87. The first-order valence-electron chi connectivity index (χ1n) is 8.08. The lowest BCUT2D eigenvalue weighted by atomic mass is 10.1. The quantitative estimate of drug-likeness (QED) is 0.354. The van der Waals surface area contributed by atoms with Crippen LogP contribution in [0.5, 0.6) is 0 Å². The zero-order valence-electron chi connectivity index (χ0n) is 13.9. The van der Waals surface area contributed by atoms with Crippen LogP contribution in [0.3, 0.4) is 0 Å². The summed E-state index contributed by atoms with van der Waals surface area (Å²) < 4.78 is 1.86. The van der Waals surface area contributed by atoms with Gasteiger partial charge in [0, 0.05) is 16.1 Å². The summed E-state index contributed by atoms with van der Waals surface area (Å²) in [6.45, 7) is 0. The van der Waals surface area contributed by atoms with Gasteiger partial charge in [0.2, 0.25) is 0 Å². The number of fused-ring (bicyclic) bond motifs is 1. The molecule has 0 bridgehead atoms. The second kappa shape index (κ2) is 6.77. The zero-order valence-corrected chi connectivity index (χ0v) is 15.5. The number of hydrogen-bond donors (Lipinski definition) is 0. The van der Waals surface area contributed by atoms with E-state index in [2.05, 4.69) is 20.9 Å². The molecule has 132 valence electrons. The molecular weight excluding hydrogens is 410 g/mol. The molecule has 1 heterocycles. The van der Waals surface area contributed by atoms with E-state index < -0.39 is 4.92 Å². The van der Waals surface area contributed by atoms with Crippen LogP contribution < -0.4 is 5.56 Å². The van der Waals surface area contributed by atoms with Gasteiger partial charge in [0.15, 0.2) is 0 Å². The van der Waals surface area contributed by atoms with Gasteiger partial charge in [-0.25, -0.2) is 4.98 Å². The summed E-state index contributed by atoms with van der Waals surface area (Å²) in [6.07, 6.45) is 0. The highest BCUT2D eigenvalue weighted by Gasteiger charge is 2.22. The maximum Gasteiger partial charge on any atom is 0.294 e. The molecule has 0 atom stereocenters. The van der Waals surface area contributed by atoms with Crippen molar-refractivity contribution >= 4 is 32.5 Å². The lowest BCUT2D eigenvalue weighted by molar-refractivity contribution is -0.384. The minimum atomic E-state index is -0.503. The average molecular weight is 422 g/mol. The van der Waals surface area contributed by atoms with E-state index in [4.69, 9.17) is 0 Å². The van der Waals surface area contributed by atoms with Crippen LogP contribution in [-0.2, 0) is 0 Å². The van der Waals surface area contributed by atoms with Crippen molar-refractivity contribution in [2.24, 2.45) is 0 Å². The van der Waals surface area contributed by atoms with Crippen molar-refractivity contribution in [2.75, 3.05) is 0 Å². The monoisotopic (exact) mass is 421 g/mol. The van der Waals surface area contributed by atoms with E-state index in [1.54, 1.807) is 36.4 Å². The highest BCUT2D eigenvalue weighted by molar-refractivity contribution is 9.10. The van der Waals surface area contributed by atoms with Crippen LogP contribution in [0.25, 0.3) is 28.0 Å². The number of nitrogens with zero attached hydrogens (tertiary/aromatic N) is 3. The third kappa shape index (κ3) is 3.02. The van der Waals surface area contributed by atoms with Crippen molar-refractivity contribution in [1.29, 1.82) is 0 Å². The summed E-state index contributed by atoms with van der Waals surface area (Å²) in [4.78, 5) is 29.0. The van der Waals surface area contributed by atoms with E-state index in [9.17, 15) is 14.9 Å². The molecule has 0 unspecified atom stereocenters. The Morgan fingerprint density at radius 3 is 2.41 bits per heavy atom. The lowest BCUT2D eigenvalue weighted by Gasteiger charge is -2.14. The summed E-state index contributed by atoms with van der Waals surface area (Å²) in [5.74, 6) is 0.352. The molecule has 7 heteroatoms. The van der Waals surface area contributed by atoms with Gasteiger partial charge < -0.3 is 0 Å². The predicted molar refractivity (Wildman–Crippen MR) is 107 cm³/mol. The van der Waals surface area contributed by atoms with Crippen LogP contribution in [0.1, 0.15) is 0 Å². The van der Waals surface area contributed by atoms with Gasteiger partial charge in [-0.3, -0.25) is 19.5 Å². The number of nitro groups is 1. The largest absolute Gasteiger partial charge is 0.294 e. The Kier molecular flexibility index (Phi) is 4.29. The average Bonchev–Trinajstić information content (AvgIpc) is 2.69. The number of aromatic nitrogens is 2. The van der Waals surface area contributed by atoms with Gasteiger partial charge in [0.25, 0.3) is 11.2 Å². The number of hydrogen-bond acceptors (Lipinski definition) is 4. The smallest absolute Gasteiger partial charge is 0.268 e. The molecule has 6 nitrogen and oxygen atoms in total. The molecule has 0 aliphatic rings. The highest BCUT2D eigenvalue weighted by atomic mass is 79.9. The molecule has 0 N–H and O–H groups in total. The van der Waals surface area contributed by atoms with E-state index in [0.29, 0.717) is 26.8 Å². The maximum atomic E-state index is 13.3. The number of rotatable bonds is 3. The van der Waals surface area contributed by atoms with Gasteiger partial charge >= 0.3 is 0 Å². The van der Waals surface area contributed by atoms with Gasteiger partial charge in [0.1, 0.15) is 11.5 Å². The van der Waals surface area contributed by atoms with Gasteiger partial charge in [-0.1, -0.05) is 58.4 Å². The molecule has 0 aliphatic carbocycles. The minimum Gasteiger partial charge on any atom is -0.268 e. The summed E-state index contributed by atoms with van der Waals surface area (Å²) >= 11 is 3.25. The Morgan fingerprint density at radius 2 is 1.67 bits per heavy atom. The van der Waals surface area contributed by atoms with Crippen molar-refractivity contribution in [3.63, 3.8) is 0 Å². The van der Waals surface area contributed by atoms with Crippen LogP contribution in [0.2, 0.25) is 0 Å². The topological polar surface area (TPSA) is 78.0 Å². The van der Waals surface area contributed by atoms with Gasteiger partial charge in [0.05, 0.1) is 15.8 Å². The number of benzene rings is 3. The molecule has 1 aromatic heterocycles. The Balaban J connectivity index is 2.16. The number of para-hydroxylation sites is 1. The fraction of sp³-hybridized carbons (Fsp3) is 0. The Labute approximate surface area is 162 Å². The third-order valence-corrected chi connectivity index (χ3v) is 4.68. The van der Waals surface area contributed by atoms with E-state index in [0.717, 1.165) is 0 Å². The van der Waals surface area contributed by atoms with Gasteiger partial charge in [-0.15, -0.1) is 0 Å². The standard InChI is InChI=1S/C20H12BrN3O3/c21-14-10-11-17(18(12-14)24(26)27)23-19(13-6-2-1-3-7-13)22-16-9-5-4-8-15(16)20(23)25/h1-12H. The highest BCUT2D eigenvalue weighted by Crippen LogP contribution is 2.30. The van der Waals surface area contributed by atoms with Crippen molar-refractivity contribution in [1.82, 2.24) is 9.55 Å². The third-order valence-electron chi connectivity index (χ3n) is 4.18. The fourth-order valence-electron chi connectivity index (χ4n) is 2.97. The Morgan fingerprint density at radius 1 is 0.963 bits per heavy atom. The van der Waals surface area contributed by atoms with Crippen LogP contribution in [0.4, 0.5) is 5.69 Å². The molecule has 0 amide bonds. The van der Waals surface area contributed by atoms with Crippen molar-refractivity contribution in [2.45, 2.75) is 0 Å². The Bertz CT molecular complexity index is 1240. The second-order valence-electron chi connectivity index (χ2n) is 5.85. The molecular formula is C20H12BrN3O3. The number of nitro benzene ring substituents is 1. The lowest BCUT2D eigenvalue weighted by Crippen LogP contribution is -2.22. The molecule has 27 heavy (non-hydrogen) atoms. The van der Waals surface area contributed by atoms with Crippen molar-refractivity contribution < 1.29 is 4.92 Å². The molecule has 3 aromatic carbocycles. The first-order chi connectivity index (χ1) is 13.1. The zero-order chi connectivity index (χ0) is 19.0. The van der Waals surface area contributed by atoms with Crippen LogP contribution in [0, 0.1) is 10.1 Å². The van der Waals surface area contributed by atoms with E-state index in [1.165, 1.54) is 10.6 Å². The predicted octanol–water partition coefficient (Wildman–Crippen LogP) is 4.72. The molecule has 0 saturated heterocycles. The van der Waals surface area contributed by atoms with E-state index >= 15 is 0 Å². The molecule has 0 aliphatic heterocycles. The van der Waals surface area contributed by atoms with Crippen molar-refractivity contribution in [3.05, 3.63) is 97.7 Å². The first kappa shape index (κ1) is 17.1. The second-order valence-corrected chi connectivity index (χ2v) is 6.76. The Hall–Kier alpha value is -3.32. The van der Waals surface area contributed by atoms with Crippen molar-refractivity contribution in [3.8, 4) is 17.1 Å².